The van der Waals surface area contributed by atoms with Gasteiger partial charge in [-0.25, -0.2) is 9.78 Å². The minimum atomic E-state index is -0.642. The van der Waals surface area contributed by atoms with E-state index < -0.39 is 17.7 Å². The number of para-hydroxylation sites is 2. The second-order valence-electron chi connectivity index (χ2n) is 13.8. The maximum absolute atomic E-state index is 13.9. The highest BCUT2D eigenvalue weighted by Crippen LogP contribution is 2.30. The lowest BCUT2D eigenvalue weighted by Gasteiger charge is -2.34. The molecule has 2 saturated heterocycles. The van der Waals surface area contributed by atoms with Crippen LogP contribution in [-0.2, 0) is 27.2 Å². The number of alkyl carbamates (subject to hydrolysis) is 1. The third-order valence-corrected chi connectivity index (χ3v) is 8.94. The lowest BCUT2D eigenvalue weighted by atomic mass is 9.95. The summed E-state index contributed by atoms with van der Waals surface area (Å²) in [4.78, 5) is 36.0. The molecular weight excluding hydrogens is 582 g/mol. The second kappa shape index (κ2) is 15.3. The van der Waals surface area contributed by atoms with Gasteiger partial charge in [0.15, 0.2) is 0 Å². The number of aryl methyl sites for hydroxylation is 1. The summed E-state index contributed by atoms with van der Waals surface area (Å²) < 4.78 is 13.2. The SMILES string of the molecule is COCCCn1c([C@@H]2CCCN(C(=O)C[C@@H](Cc3ccc(N4CCC(O)CC4)cc3)NC(=O)OC(C)(C)C)C2)nc2ccccc21. The zero-order valence-electron chi connectivity index (χ0n) is 27.9. The van der Waals surface area contributed by atoms with E-state index in [2.05, 4.69) is 45.1 Å². The molecule has 2 atom stereocenters. The standard InChI is InChI=1S/C36H51N5O5/c1-36(2,3)46-35(44)37-28(23-26-12-14-29(15-13-26)39-20-16-30(42)17-21-39)24-33(43)40-18-7-9-27(25-40)34-38-31-10-5-6-11-32(31)41(34)19-8-22-45-4/h5-6,10-15,27-28,30,42H,7-9,16-25H2,1-4H3,(H,37,44)/t27-,28-/m1/s1. The van der Waals surface area contributed by atoms with Gasteiger partial charge < -0.3 is 34.3 Å². The van der Waals surface area contributed by atoms with Crippen LogP contribution in [0.2, 0.25) is 0 Å². The first-order valence-corrected chi connectivity index (χ1v) is 16.8. The Labute approximate surface area is 273 Å². The molecule has 1 aromatic heterocycles. The predicted octanol–water partition coefficient (Wildman–Crippen LogP) is 5.27. The molecule has 250 valence electrons. The third kappa shape index (κ3) is 9.00. The Bertz CT molecular complexity index is 1440. The first-order valence-electron chi connectivity index (χ1n) is 16.8. The van der Waals surface area contributed by atoms with Gasteiger partial charge in [-0.05, 0) is 89.1 Å². The number of hydrogen-bond donors (Lipinski definition) is 2. The molecular formula is C36H51N5O5. The average Bonchev–Trinajstić information content (AvgIpc) is 3.39. The van der Waals surface area contributed by atoms with E-state index in [1.807, 2.05) is 43.9 Å². The van der Waals surface area contributed by atoms with Crippen LogP contribution in [0.4, 0.5) is 10.5 Å². The fourth-order valence-corrected chi connectivity index (χ4v) is 6.66. The number of piperidine rings is 2. The van der Waals surface area contributed by atoms with Crippen molar-refractivity contribution in [2.24, 2.45) is 0 Å². The van der Waals surface area contributed by atoms with Crippen molar-refractivity contribution in [3.63, 3.8) is 0 Å². The first-order chi connectivity index (χ1) is 22.1. The van der Waals surface area contributed by atoms with Crippen LogP contribution in [0, 0.1) is 0 Å². The lowest BCUT2D eigenvalue weighted by Crippen LogP contribution is -2.46. The van der Waals surface area contributed by atoms with E-state index in [1.165, 1.54) is 0 Å². The van der Waals surface area contributed by atoms with Gasteiger partial charge in [-0.1, -0.05) is 24.3 Å². The first kappa shape index (κ1) is 33.7. The summed E-state index contributed by atoms with van der Waals surface area (Å²) in [6.45, 7) is 9.95. The van der Waals surface area contributed by atoms with E-state index in [4.69, 9.17) is 14.5 Å². The van der Waals surface area contributed by atoms with Crippen molar-refractivity contribution < 1.29 is 24.2 Å². The Morgan fingerprint density at radius 2 is 1.78 bits per heavy atom. The summed E-state index contributed by atoms with van der Waals surface area (Å²) in [5, 5.41) is 12.9. The number of nitrogens with zero attached hydrogens (tertiary/aromatic N) is 4. The Morgan fingerprint density at radius 3 is 2.50 bits per heavy atom. The van der Waals surface area contributed by atoms with Crippen LogP contribution in [0.5, 0.6) is 0 Å². The van der Waals surface area contributed by atoms with Crippen molar-refractivity contribution in [1.82, 2.24) is 19.8 Å². The quantitative estimate of drug-likeness (QED) is 0.277. The smallest absolute Gasteiger partial charge is 0.407 e. The molecule has 2 amide bonds. The van der Waals surface area contributed by atoms with Crippen LogP contribution in [-0.4, -0.2) is 89.2 Å². The van der Waals surface area contributed by atoms with Gasteiger partial charge >= 0.3 is 6.09 Å². The summed E-state index contributed by atoms with van der Waals surface area (Å²) in [5.41, 5.74) is 3.61. The number of carbonyl (C=O) groups excluding carboxylic acids is 2. The van der Waals surface area contributed by atoms with Gasteiger partial charge in [-0.15, -0.1) is 0 Å². The molecule has 0 unspecified atom stereocenters. The third-order valence-electron chi connectivity index (χ3n) is 8.94. The van der Waals surface area contributed by atoms with E-state index in [9.17, 15) is 14.7 Å². The van der Waals surface area contributed by atoms with Crippen molar-refractivity contribution in [3.8, 4) is 0 Å². The molecule has 0 bridgehead atoms. The number of aliphatic hydroxyl groups is 1. The number of aromatic nitrogens is 2. The van der Waals surface area contributed by atoms with Gasteiger partial charge in [0.25, 0.3) is 0 Å². The molecule has 5 rings (SSSR count). The maximum Gasteiger partial charge on any atom is 0.407 e. The number of imidazole rings is 1. The number of nitrogens with one attached hydrogen (secondary N) is 1. The topological polar surface area (TPSA) is 109 Å². The van der Waals surface area contributed by atoms with Crippen LogP contribution in [0.15, 0.2) is 48.5 Å². The average molecular weight is 634 g/mol. The fraction of sp³-hybridized carbons (Fsp3) is 0.583. The number of amides is 2. The minimum absolute atomic E-state index is 0.0243. The van der Waals surface area contributed by atoms with Crippen molar-refractivity contribution in [2.75, 3.05) is 44.8 Å². The van der Waals surface area contributed by atoms with Crippen LogP contribution in [0.3, 0.4) is 0 Å². The number of rotatable bonds is 11. The highest BCUT2D eigenvalue weighted by Gasteiger charge is 2.31. The molecule has 2 aliphatic heterocycles. The molecule has 0 radical (unpaired) electrons. The molecule has 0 spiro atoms. The number of hydrogen-bond acceptors (Lipinski definition) is 7. The number of ether oxygens (including phenoxy) is 2. The van der Waals surface area contributed by atoms with Gasteiger partial charge in [0.1, 0.15) is 11.4 Å². The van der Waals surface area contributed by atoms with Gasteiger partial charge in [0.2, 0.25) is 5.91 Å². The Morgan fingerprint density at radius 1 is 1.04 bits per heavy atom. The van der Waals surface area contributed by atoms with E-state index in [0.717, 1.165) is 79.8 Å². The number of benzene rings is 2. The zero-order chi connectivity index (χ0) is 32.7. The van der Waals surface area contributed by atoms with Crippen LogP contribution in [0.1, 0.15) is 76.6 Å². The number of methoxy groups -OCH3 is 1. The van der Waals surface area contributed by atoms with Gasteiger partial charge in [0, 0.05) is 70.5 Å². The summed E-state index contributed by atoms with van der Waals surface area (Å²) >= 11 is 0. The van der Waals surface area contributed by atoms with Crippen LogP contribution < -0.4 is 10.2 Å². The molecule has 0 saturated carbocycles. The van der Waals surface area contributed by atoms with Crippen molar-refractivity contribution in [3.05, 3.63) is 59.9 Å². The molecule has 2 aromatic carbocycles. The molecule has 46 heavy (non-hydrogen) atoms. The number of fused-ring (bicyclic) bond motifs is 1. The van der Waals surface area contributed by atoms with E-state index >= 15 is 0 Å². The van der Waals surface area contributed by atoms with E-state index in [-0.39, 0.29) is 24.3 Å². The Kier molecular flexibility index (Phi) is 11.2. The zero-order valence-corrected chi connectivity index (χ0v) is 27.9. The molecule has 2 fully saturated rings. The normalized spacial score (nSPS) is 18.5. The number of carbonyl (C=O) groups is 2. The maximum atomic E-state index is 13.9. The van der Waals surface area contributed by atoms with Gasteiger partial charge in [-0.2, -0.15) is 0 Å². The van der Waals surface area contributed by atoms with Gasteiger partial charge in [-0.3, -0.25) is 4.79 Å². The van der Waals surface area contributed by atoms with Gasteiger partial charge in [0.05, 0.1) is 17.1 Å². The summed E-state index contributed by atoms with van der Waals surface area (Å²) in [5.74, 6) is 1.19. The molecule has 0 aliphatic carbocycles. The second-order valence-corrected chi connectivity index (χ2v) is 13.8. The van der Waals surface area contributed by atoms with E-state index in [1.54, 1.807) is 7.11 Å². The minimum Gasteiger partial charge on any atom is -0.444 e. The summed E-state index contributed by atoms with van der Waals surface area (Å²) in [6, 6.07) is 16.1. The summed E-state index contributed by atoms with van der Waals surface area (Å²) in [6.07, 6.45) is 4.26. The molecule has 10 nitrogen and oxygen atoms in total. The van der Waals surface area contributed by atoms with Crippen molar-refractivity contribution >= 4 is 28.7 Å². The summed E-state index contributed by atoms with van der Waals surface area (Å²) in [7, 11) is 1.72. The number of likely N-dealkylation sites (tertiary alicyclic amines) is 1. The van der Waals surface area contributed by atoms with E-state index in [0.29, 0.717) is 26.1 Å². The monoisotopic (exact) mass is 633 g/mol. The van der Waals surface area contributed by atoms with Crippen LogP contribution >= 0.6 is 0 Å². The molecule has 3 aromatic rings. The van der Waals surface area contributed by atoms with Crippen LogP contribution in [0.25, 0.3) is 11.0 Å². The Balaban J connectivity index is 1.28. The fourth-order valence-electron chi connectivity index (χ4n) is 6.66. The molecule has 3 heterocycles. The largest absolute Gasteiger partial charge is 0.444 e. The molecule has 2 N–H and O–H groups in total. The highest BCUT2D eigenvalue weighted by molar-refractivity contribution is 5.79. The number of aliphatic hydroxyl groups excluding tert-OH is 1. The lowest BCUT2D eigenvalue weighted by molar-refractivity contribution is -0.133. The highest BCUT2D eigenvalue weighted by atomic mass is 16.6. The molecule has 10 heteroatoms. The van der Waals surface area contributed by atoms with Crippen molar-refractivity contribution in [1.29, 1.82) is 0 Å². The predicted molar refractivity (Wildman–Crippen MR) is 180 cm³/mol. The Hall–Kier alpha value is -3.63. The van der Waals surface area contributed by atoms with Crippen molar-refractivity contribution in [2.45, 2.75) is 95.9 Å². The molecule has 2 aliphatic rings. The number of anilines is 1.